The highest BCUT2D eigenvalue weighted by molar-refractivity contribution is 6.30. The predicted molar refractivity (Wildman–Crippen MR) is 131 cm³/mol. The molecule has 8 nitrogen and oxygen atoms in total. The standard InChI is InChI=1S/2C12H11ClN2O2/c2*1-2-17-12(16)9(7-14)8-15-11-5-3-10(13)4-6-11/h2*3-6,8,15H,2H2,1H3/b2*9-8+. The van der Waals surface area contributed by atoms with Crippen LogP contribution >= 0.6 is 23.2 Å². The van der Waals surface area contributed by atoms with Crippen molar-refractivity contribution in [3.8, 4) is 12.1 Å². The maximum absolute atomic E-state index is 11.3. The molecule has 0 radical (unpaired) electrons. The number of carbonyl (C=O) groups excluding carboxylic acids is 2. The first-order valence-corrected chi connectivity index (χ1v) is 10.7. The van der Waals surface area contributed by atoms with Gasteiger partial charge in [-0.15, -0.1) is 0 Å². The van der Waals surface area contributed by atoms with Crippen LogP contribution in [-0.2, 0) is 19.1 Å². The zero-order chi connectivity index (χ0) is 25.3. The van der Waals surface area contributed by atoms with E-state index in [-0.39, 0.29) is 24.4 Å². The summed E-state index contributed by atoms with van der Waals surface area (Å²) in [5, 5.41) is 24.4. The first kappa shape index (κ1) is 28.1. The molecule has 0 aliphatic rings. The van der Waals surface area contributed by atoms with E-state index in [0.717, 1.165) is 11.4 Å². The molecule has 0 heterocycles. The molecule has 34 heavy (non-hydrogen) atoms. The molecule has 0 spiro atoms. The van der Waals surface area contributed by atoms with Crippen molar-refractivity contribution in [1.82, 2.24) is 0 Å². The predicted octanol–water partition coefficient (Wildman–Crippen LogP) is 5.44. The number of rotatable bonds is 8. The maximum Gasteiger partial charge on any atom is 0.350 e. The topological polar surface area (TPSA) is 124 Å². The van der Waals surface area contributed by atoms with Crippen LogP contribution < -0.4 is 10.6 Å². The molecular formula is C24H22Cl2N4O4. The molecule has 10 heteroatoms. The second-order valence-electron chi connectivity index (χ2n) is 6.08. The van der Waals surface area contributed by atoms with Gasteiger partial charge in [0.15, 0.2) is 11.1 Å². The average molecular weight is 501 g/mol. The minimum Gasteiger partial charge on any atom is -0.462 e. The number of hydrogen-bond donors (Lipinski definition) is 2. The monoisotopic (exact) mass is 500 g/mol. The van der Waals surface area contributed by atoms with Crippen LogP contribution in [0.25, 0.3) is 0 Å². The molecule has 2 rings (SSSR count). The third kappa shape index (κ3) is 10.6. The largest absolute Gasteiger partial charge is 0.462 e. The van der Waals surface area contributed by atoms with Crippen molar-refractivity contribution < 1.29 is 19.1 Å². The number of halogens is 2. The molecule has 0 aliphatic carbocycles. The van der Waals surface area contributed by atoms with E-state index in [2.05, 4.69) is 10.6 Å². The molecule has 0 unspecified atom stereocenters. The fourth-order valence-corrected chi connectivity index (χ4v) is 2.35. The van der Waals surface area contributed by atoms with Crippen molar-refractivity contribution in [1.29, 1.82) is 10.5 Å². The highest BCUT2D eigenvalue weighted by Gasteiger charge is 2.09. The Balaban J connectivity index is 0.000000340. The van der Waals surface area contributed by atoms with Crippen molar-refractivity contribution in [2.75, 3.05) is 23.8 Å². The Bertz CT molecular complexity index is 1010. The molecule has 0 atom stereocenters. The van der Waals surface area contributed by atoms with Crippen molar-refractivity contribution in [3.05, 3.63) is 82.1 Å². The Morgan fingerprint density at radius 2 is 1.09 bits per heavy atom. The van der Waals surface area contributed by atoms with E-state index >= 15 is 0 Å². The summed E-state index contributed by atoms with van der Waals surface area (Å²) in [6, 6.07) is 17.3. The zero-order valence-corrected chi connectivity index (χ0v) is 20.0. The normalized spacial score (nSPS) is 10.5. The first-order chi connectivity index (χ1) is 16.3. The summed E-state index contributed by atoms with van der Waals surface area (Å²) in [5.41, 5.74) is 1.29. The van der Waals surface area contributed by atoms with Crippen LogP contribution in [0.1, 0.15) is 13.8 Å². The van der Waals surface area contributed by atoms with E-state index in [4.69, 9.17) is 43.2 Å². The second kappa shape index (κ2) is 15.8. The fourth-order valence-electron chi connectivity index (χ4n) is 2.09. The molecule has 0 amide bonds. The minimum atomic E-state index is -0.642. The van der Waals surface area contributed by atoms with Gasteiger partial charge in [-0.25, -0.2) is 9.59 Å². The maximum atomic E-state index is 11.3. The lowest BCUT2D eigenvalue weighted by Crippen LogP contribution is -2.07. The Hall–Kier alpha value is -3.98. The molecule has 176 valence electrons. The number of nitrogens with one attached hydrogen (secondary N) is 2. The summed E-state index contributed by atoms with van der Waals surface area (Å²) in [4.78, 5) is 22.6. The van der Waals surface area contributed by atoms with Gasteiger partial charge in [-0.2, -0.15) is 10.5 Å². The summed E-state index contributed by atoms with van der Waals surface area (Å²) in [6.07, 6.45) is 2.61. The number of nitrogens with zero attached hydrogens (tertiary/aromatic N) is 2. The molecule has 2 aromatic carbocycles. The molecule has 2 N–H and O–H groups in total. The number of esters is 2. The SMILES string of the molecule is CCOC(=O)/C(C#N)=C/Nc1ccc(Cl)cc1.CCOC(=O)/C(C#N)=C/Nc1ccc(Cl)cc1. The van der Waals surface area contributed by atoms with Crippen molar-refractivity contribution in [3.63, 3.8) is 0 Å². The van der Waals surface area contributed by atoms with Gasteiger partial charge in [-0.3, -0.25) is 0 Å². The van der Waals surface area contributed by atoms with Crippen LogP contribution in [0.15, 0.2) is 72.1 Å². The summed E-state index contributed by atoms with van der Waals surface area (Å²) in [6.45, 7) is 3.83. The number of ether oxygens (including phenoxy) is 2. The van der Waals surface area contributed by atoms with Crippen molar-refractivity contribution in [2.45, 2.75) is 13.8 Å². The minimum absolute atomic E-state index is 0.0817. The molecule has 0 saturated heterocycles. The fraction of sp³-hybridized carbons (Fsp3) is 0.167. The summed E-state index contributed by atoms with van der Waals surface area (Å²) in [7, 11) is 0. The van der Waals surface area contributed by atoms with Gasteiger partial charge in [-0.05, 0) is 62.4 Å². The van der Waals surface area contributed by atoms with E-state index in [1.54, 1.807) is 74.5 Å². The van der Waals surface area contributed by atoms with E-state index in [1.165, 1.54) is 12.4 Å². The Kier molecular flexibility index (Phi) is 13.0. The quantitative estimate of drug-likeness (QED) is 0.278. The lowest BCUT2D eigenvalue weighted by atomic mass is 10.3. The van der Waals surface area contributed by atoms with Crippen LogP contribution in [0.5, 0.6) is 0 Å². The van der Waals surface area contributed by atoms with Crippen molar-refractivity contribution in [2.24, 2.45) is 0 Å². The van der Waals surface area contributed by atoms with Crippen LogP contribution in [0, 0.1) is 22.7 Å². The van der Waals surface area contributed by atoms with Crippen LogP contribution in [-0.4, -0.2) is 25.2 Å². The molecule has 0 aliphatic heterocycles. The van der Waals surface area contributed by atoms with Gasteiger partial charge in [0.25, 0.3) is 0 Å². The zero-order valence-electron chi connectivity index (χ0n) is 18.5. The molecule has 0 fully saturated rings. The van der Waals surface area contributed by atoms with Gasteiger partial charge in [0, 0.05) is 33.8 Å². The van der Waals surface area contributed by atoms with Gasteiger partial charge in [0.05, 0.1) is 13.2 Å². The van der Waals surface area contributed by atoms with Crippen molar-refractivity contribution >= 4 is 46.5 Å². The third-order valence-corrected chi connectivity index (χ3v) is 4.19. The highest BCUT2D eigenvalue weighted by atomic mass is 35.5. The van der Waals surface area contributed by atoms with Crippen LogP contribution in [0.4, 0.5) is 11.4 Å². The summed E-state index contributed by atoms with van der Waals surface area (Å²) in [5.74, 6) is -1.28. The number of carbonyl (C=O) groups is 2. The number of hydrogen-bond acceptors (Lipinski definition) is 8. The van der Waals surface area contributed by atoms with E-state index < -0.39 is 11.9 Å². The molecule has 0 bridgehead atoms. The lowest BCUT2D eigenvalue weighted by Gasteiger charge is -2.02. The molecule has 2 aromatic rings. The average Bonchev–Trinajstić information content (AvgIpc) is 2.83. The van der Waals surface area contributed by atoms with Gasteiger partial charge >= 0.3 is 11.9 Å². The van der Waals surface area contributed by atoms with E-state index in [9.17, 15) is 9.59 Å². The summed E-state index contributed by atoms with van der Waals surface area (Å²) >= 11 is 11.4. The first-order valence-electron chi connectivity index (χ1n) is 9.93. The smallest absolute Gasteiger partial charge is 0.350 e. The van der Waals surface area contributed by atoms with Crippen LogP contribution in [0.3, 0.4) is 0 Å². The van der Waals surface area contributed by atoms with Gasteiger partial charge in [0.2, 0.25) is 0 Å². The number of anilines is 2. The third-order valence-electron chi connectivity index (χ3n) is 3.69. The van der Waals surface area contributed by atoms with Gasteiger partial charge in [-0.1, -0.05) is 23.2 Å². The molecule has 0 aromatic heterocycles. The van der Waals surface area contributed by atoms with Crippen LogP contribution in [0.2, 0.25) is 10.0 Å². The van der Waals surface area contributed by atoms with E-state index in [1.807, 2.05) is 0 Å². The summed E-state index contributed by atoms with van der Waals surface area (Å²) < 4.78 is 9.42. The number of nitriles is 2. The lowest BCUT2D eigenvalue weighted by molar-refractivity contribution is -0.138. The Morgan fingerprint density at radius 1 is 0.765 bits per heavy atom. The van der Waals surface area contributed by atoms with Gasteiger partial charge in [0.1, 0.15) is 12.1 Å². The molecular weight excluding hydrogens is 479 g/mol. The second-order valence-corrected chi connectivity index (χ2v) is 6.96. The van der Waals surface area contributed by atoms with Gasteiger partial charge < -0.3 is 20.1 Å². The molecule has 0 saturated carbocycles. The Labute approximate surface area is 208 Å². The van der Waals surface area contributed by atoms with E-state index in [0.29, 0.717) is 10.0 Å². The Morgan fingerprint density at radius 3 is 1.35 bits per heavy atom. The number of benzene rings is 2. The highest BCUT2D eigenvalue weighted by Crippen LogP contribution is 2.14.